The minimum absolute atomic E-state index is 0.474. The number of hydrogen-bond donors (Lipinski definition) is 0. The van der Waals surface area contributed by atoms with Crippen molar-refractivity contribution in [2.45, 2.75) is 44.7 Å². The highest BCUT2D eigenvalue weighted by molar-refractivity contribution is 4.89. The van der Waals surface area contributed by atoms with Crippen molar-refractivity contribution < 1.29 is 0 Å². The van der Waals surface area contributed by atoms with Crippen LogP contribution < -0.4 is 0 Å². The van der Waals surface area contributed by atoms with Crippen LogP contribution in [0.2, 0.25) is 0 Å². The van der Waals surface area contributed by atoms with E-state index in [0.29, 0.717) is 18.5 Å². The summed E-state index contributed by atoms with van der Waals surface area (Å²) in [5.41, 5.74) is 0. The van der Waals surface area contributed by atoms with E-state index in [1.807, 2.05) is 0 Å². The lowest BCUT2D eigenvalue weighted by Gasteiger charge is -2.32. The van der Waals surface area contributed by atoms with Gasteiger partial charge in [0, 0.05) is 18.6 Å². The molecule has 0 spiro atoms. The van der Waals surface area contributed by atoms with Gasteiger partial charge in [0.05, 0.1) is 12.5 Å². The van der Waals surface area contributed by atoms with Gasteiger partial charge in [-0.1, -0.05) is 6.92 Å². The van der Waals surface area contributed by atoms with E-state index >= 15 is 0 Å². The third-order valence-electron chi connectivity index (χ3n) is 3.27. The lowest BCUT2D eigenvalue weighted by atomic mass is 10.1. The Kier molecular flexibility index (Phi) is 5.07. The third kappa shape index (κ3) is 3.48. The first-order chi connectivity index (χ1) is 7.19. The zero-order valence-corrected chi connectivity index (χ0v) is 10.2. The van der Waals surface area contributed by atoms with E-state index in [-0.39, 0.29) is 0 Å². The van der Waals surface area contributed by atoms with Crippen LogP contribution in [0.1, 0.15) is 32.6 Å². The Hall–Kier alpha value is -0.590. The van der Waals surface area contributed by atoms with Gasteiger partial charge in [0.25, 0.3) is 0 Å². The summed E-state index contributed by atoms with van der Waals surface area (Å²) in [4.78, 5) is 4.80. The normalized spacial score (nSPS) is 24.3. The second-order valence-corrected chi connectivity index (χ2v) is 4.72. The van der Waals surface area contributed by atoms with Gasteiger partial charge in [-0.2, -0.15) is 5.26 Å². The molecule has 0 amide bonds. The van der Waals surface area contributed by atoms with Crippen LogP contribution in [0.15, 0.2) is 0 Å². The van der Waals surface area contributed by atoms with Gasteiger partial charge < -0.3 is 4.90 Å². The fourth-order valence-corrected chi connectivity index (χ4v) is 2.56. The van der Waals surface area contributed by atoms with E-state index in [0.717, 1.165) is 13.0 Å². The molecule has 1 fully saturated rings. The van der Waals surface area contributed by atoms with Gasteiger partial charge in [0.1, 0.15) is 0 Å². The number of nitriles is 1. The molecule has 0 aromatic carbocycles. The number of nitrogens with zero attached hydrogens (tertiary/aromatic N) is 3. The summed E-state index contributed by atoms with van der Waals surface area (Å²) in [6.07, 6.45) is 4.36. The molecule has 0 saturated carbocycles. The van der Waals surface area contributed by atoms with Crippen LogP contribution in [-0.2, 0) is 0 Å². The van der Waals surface area contributed by atoms with Crippen molar-refractivity contribution in [2.24, 2.45) is 0 Å². The van der Waals surface area contributed by atoms with E-state index < -0.39 is 0 Å². The number of likely N-dealkylation sites (N-methyl/N-ethyl adjacent to an activating group) is 1. The van der Waals surface area contributed by atoms with Crippen molar-refractivity contribution in [2.75, 3.05) is 27.2 Å². The smallest absolute Gasteiger partial charge is 0.0638 e. The topological polar surface area (TPSA) is 30.3 Å². The highest BCUT2D eigenvalue weighted by atomic mass is 15.2. The van der Waals surface area contributed by atoms with Crippen molar-refractivity contribution in [3.8, 4) is 6.07 Å². The van der Waals surface area contributed by atoms with Crippen molar-refractivity contribution in [1.82, 2.24) is 9.80 Å². The molecular weight excluding hydrogens is 186 g/mol. The molecule has 2 unspecified atom stereocenters. The molecule has 0 radical (unpaired) electrons. The molecule has 0 bridgehead atoms. The minimum Gasteiger partial charge on any atom is -0.308 e. The molecule has 2 atom stereocenters. The fraction of sp³-hybridized carbons (Fsp3) is 0.917. The number of likely N-dealkylation sites (tertiary alicyclic amines) is 1. The average molecular weight is 209 g/mol. The maximum Gasteiger partial charge on any atom is 0.0638 e. The summed E-state index contributed by atoms with van der Waals surface area (Å²) in [6, 6.07) is 3.45. The number of rotatable bonds is 5. The first kappa shape index (κ1) is 12.5. The Balaban J connectivity index is 2.54. The van der Waals surface area contributed by atoms with Gasteiger partial charge >= 0.3 is 0 Å². The first-order valence-corrected chi connectivity index (χ1v) is 5.96. The molecule has 0 N–H and O–H groups in total. The summed E-state index contributed by atoms with van der Waals surface area (Å²) >= 11 is 0. The second kappa shape index (κ2) is 6.09. The Morgan fingerprint density at radius 3 is 2.80 bits per heavy atom. The van der Waals surface area contributed by atoms with Crippen LogP contribution in [0.25, 0.3) is 0 Å². The zero-order chi connectivity index (χ0) is 11.3. The van der Waals surface area contributed by atoms with Gasteiger partial charge in [0.2, 0.25) is 0 Å². The average Bonchev–Trinajstić information content (AvgIpc) is 2.61. The van der Waals surface area contributed by atoms with Crippen LogP contribution in [-0.4, -0.2) is 49.1 Å². The molecule has 1 rings (SSSR count). The van der Waals surface area contributed by atoms with Crippen LogP contribution in [0, 0.1) is 11.3 Å². The summed E-state index contributed by atoms with van der Waals surface area (Å²) in [5.74, 6) is 0. The molecule has 1 saturated heterocycles. The Bertz CT molecular complexity index is 219. The predicted octanol–water partition coefficient (Wildman–Crippen LogP) is 1.70. The van der Waals surface area contributed by atoms with Crippen molar-refractivity contribution >= 4 is 0 Å². The van der Waals surface area contributed by atoms with E-state index in [2.05, 4.69) is 36.9 Å². The maximum atomic E-state index is 8.81. The Morgan fingerprint density at radius 2 is 2.27 bits per heavy atom. The molecule has 3 heteroatoms. The lowest BCUT2D eigenvalue weighted by molar-refractivity contribution is 0.150. The molecule has 1 heterocycles. The first-order valence-electron chi connectivity index (χ1n) is 5.96. The second-order valence-electron chi connectivity index (χ2n) is 4.72. The van der Waals surface area contributed by atoms with E-state index in [1.165, 1.54) is 19.4 Å². The monoisotopic (exact) mass is 209 g/mol. The van der Waals surface area contributed by atoms with Gasteiger partial charge in [0.15, 0.2) is 0 Å². The van der Waals surface area contributed by atoms with Crippen molar-refractivity contribution in [3.05, 3.63) is 0 Å². The Labute approximate surface area is 93.7 Å². The summed E-state index contributed by atoms with van der Waals surface area (Å²) in [5, 5.41) is 8.81. The lowest BCUT2D eigenvalue weighted by Crippen LogP contribution is -2.43. The summed E-state index contributed by atoms with van der Waals surface area (Å²) in [6.45, 7) is 4.49. The predicted molar refractivity (Wildman–Crippen MR) is 62.6 cm³/mol. The molecule has 86 valence electrons. The number of hydrogen-bond acceptors (Lipinski definition) is 3. The minimum atomic E-state index is 0.474. The molecule has 0 aromatic rings. The molecule has 0 aliphatic carbocycles. The van der Waals surface area contributed by atoms with E-state index in [4.69, 9.17) is 5.26 Å². The molecule has 1 aliphatic heterocycles. The quantitative estimate of drug-likeness (QED) is 0.690. The molecule has 3 nitrogen and oxygen atoms in total. The summed E-state index contributed by atoms with van der Waals surface area (Å²) < 4.78 is 0. The van der Waals surface area contributed by atoms with Crippen LogP contribution in [0.5, 0.6) is 0 Å². The Morgan fingerprint density at radius 1 is 1.53 bits per heavy atom. The highest BCUT2D eigenvalue weighted by Crippen LogP contribution is 2.23. The SMILES string of the molecule is CCC(CC#N)N1CCCC1CN(C)C. The molecular formula is C12H23N3. The van der Waals surface area contributed by atoms with Gasteiger partial charge in [-0.3, -0.25) is 4.90 Å². The summed E-state index contributed by atoms with van der Waals surface area (Å²) in [7, 11) is 4.25. The van der Waals surface area contributed by atoms with Gasteiger partial charge in [-0.15, -0.1) is 0 Å². The molecule has 15 heavy (non-hydrogen) atoms. The van der Waals surface area contributed by atoms with Crippen molar-refractivity contribution in [1.29, 1.82) is 5.26 Å². The molecule has 1 aliphatic rings. The van der Waals surface area contributed by atoms with Crippen LogP contribution in [0.3, 0.4) is 0 Å². The standard InChI is InChI=1S/C12H23N3/c1-4-11(7-8-13)15-9-5-6-12(15)10-14(2)3/h11-12H,4-7,9-10H2,1-3H3. The third-order valence-corrected chi connectivity index (χ3v) is 3.27. The van der Waals surface area contributed by atoms with Gasteiger partial charge in [-0.25, -0.2) is 0 Å². The van der Waals surface area contributed by atoms with E-state index in [9.17, 15) is 0 Å². The maximum absolute atomic E-state index is 8.81. The fourth-order valence-electron chi connectivity index (χ4n) is 2.56. The highest BCUT2D eigenvalue weighted by Gasteiger charge is 2.29. The van der Waals surface area contributed by atoms with Crippen LogP contribution in [0.4, 0.5) is 0 Å². The van der Waals surface area contributed by atoms with E-state index in [1.54, 1.807) is 0 Å². The van der Waals surface area contributed by atoms with Crippen LogP contribution >= 0.6 is 0 Å². The van der Waals surface area contributed by atoms with Crippen molar-refractivity contribution in [3.63, 3.8) is 0 Å². The molecule has 0 aromatic heterocycles. The largest absolute Gasteiger partial charge is 0.308 e. The zero-order valence-electron chi connectivity index (χ0n) is 10.2. The van der Waals surface area contributed by atoms with Gasteiger partial charge in [-0.05, 0) is 39.9 Å².